The van der Waals surface area contributed by atoms with Crippen LogP contribution in [0.2, 0.25) is 0 Å². The van der Waals surface area contributed by atoms with Crippen molar-refractivity contribution in [3.05, 3.63) is 70.8 Å². The molecule has 1 unspecified atom stereocenters. The molecule has 0 aromatic heterocycles. The minimum atomic E-state index is -0.479. The SMILES string of the molecule is CCOC(=O)NCCC(=O)NCC1CC2c3ccccc3C1c1ccccc12. The predicted molar refractivity (Wildman–Crippen MR) is 107 cm³/mol. The third-order valence-electron chi connectivity index (χ3n) is 5.88. The van der Waals surface area contributed by atoms with Gasteiger partial charge in [-0.05, 0) is 41.5 Å². The van der Waals surface area contributed by atoms with Crippen molar-refractivity contribution >= 4 is 12.0 Å². The van der Waals surface area contributed by atoms with Gasteiger partial charge in [0.05, 0.1) is 6.61 Å². The summed E-state index contributed by atoms with van der Waals surface area (Å²) in [4.78, 5) is 23.5. The molecule has 0 heterocycles. The summed E-state index contributed by atoms with van der Waals surface area (Å²) in [5.41, 5.74) is 5.68. The van der Waals surface area contributed by atoms with Crippen molar-refractivity contribution in [3.8, 4) is 0 Å². The molecule has 3 aliphatic rings. The van der Waals surface area contributed by atoms with Crippen LogP contribution in [0.4, 0.5) is 4.79 Å². The van der Waals surface area contributed by atoms with Crippen molar-refractivity contribution in [2.24, 2.45) is 5.92 Å². The van der Waals surface area contributed by atoms with E-state index in [1.54, 1.807) is 6.92 Å². The minimum absolute atomic E-state index is 0.0418. The number of nitrogens with one attached hydrogen (secondary N) is 2. The summed E-state index contributed by atoms with van der Waals surface area (Å²) in [7, 11) is 0. The first-order chi connectivity index (χ1) is 13.7. The lowest BCUT2D eigenvalue weighted by Crippen LogP contribution is -2.40. The highest BCUT2D eigenvalue weighted by atomic mass is 16.5. The quantitative estimate of drug-likeness (QED) is 0.808. The molecule has 2 aromatic carbocycles. The summed E-state index contributed by atoms with van der Waals surface area (Å²) in [6, 6.07) is 17.4. The van der Waals surface area contributed by atoms with Crippen molar-refractivity contribution in [1.82, 2.24) is 10.6 Å². The van der Waals surface area contributed by atoms with E-state index in [0.717, 1.165) is 6.42 Å². The van der Waals surface area contributed by atoms with E-state index in [4.69, 9.17) is 4.74 Å². The molecule has 28 heavy (non-hydrogen) atoms. The Morgan fingerprint density at radius 1 is 0.964 bits per heavy atom. The van der Waals surface area contributed by atoms with Crippen LogP contribution in [0.1, 0.15) is 53.9 Å². The lowest BCUT2D eigenvalue weighted by molar-refractivity contribution is -0.121. The monoisotopic (exact) mass is 378 g/mol. The highest BCUT2D eigenvalue weighted by molar-refractivity contribution is 5.77. The van der Waals surface area contributed by atoms with Crippen LogP contribution in [0.25, 0.3) is 0 Å². The van der Waals surface area contributed by atoms with Gasteiger partial charge >= 0.3 is 6.09 Å². The summed E-state index contributed by atoms with van der Waals surface area (Å²) in [5.74, 6) is 1.08. The van der Waals surface area contributed by atoms with Gasteiger partial charge in [0, 0.05) is 31.3 Å². The van der Waals surface area contributed by atoms with Gasteiger partial charge in [0.25, 0.3) is 0 Å². The largest absolute Gasteiger partial charge is 0.450 e. The molecule has 3 aliphatic carbocycles. The molecule has 146 valence electrons. The average molecular weight is 378 g/mol. The molecule has 5 heteroatoms. The van der Waals surface area contributed by atoms with E-state index in [-0.39, 0.29) is 18.9 Å². The van der Waals surface area contributed by atoms with Gasteiger partial charge in [-0.3, -0.25) is 4.79 Å². The topological polar surface area (TPSA) is 67.4 Å². The molecule has 2 aromatic rings. The lowest BCUT2D eigenvalue weighted by atomic mass is 9.59. The van der Waals surface area contributed by atoms with Crippen molar-refractivity contribution in [2.45, 2.75) is 31.6 Å². The molecule has 0 aliphatic heterocycles. The second kappa shape index (κ2) is 8.05. The van der Waals surface area contributed by atoms with Gasteiger partial charge in [-0.2, -0.15) is 0 Å². The Balaban J connectivity index is 1.40. The zero-order valence-electron chi connectivity index (χ0n) is 16.1. The number of benzene rings is 2. The molecule has 0 fully saturated rings. The Kier molecular flexibility index (Phi) is 5.33. The second-order valence-corrected chi connectivity index (χ2v) is 7.49. The van der Waals surface area contributed by atoms with Gasteiger partial charge in [0.1, 0.15) is 0 Å². The van der Waals surface area contributed by atoms with E-state index in [0.29, 0.717) is 30.9 Å². The first kappa shape index (κ1) is 18.5. The van der Waals surface area contributed by atoms with E-state index in [2.05, 4.69) is 59.2 Å². The van der Waals surface area contributed by atoms with E-state index < -0.39 is 6.09 Å². The molecule has 0 spiro atoms. The fraction of sp³-hybridized carbons (Fsp3) is 0.391. The predicted octanol–water partition coefficient (Wildman–Crippen LogP) is 3.54. The maximum absolute atomic E-state index is 12.2. The van der Waals surface area contributed by atoms with Gasteiger partial charge in [0.2, 0.25) is 5.91 Å². The normalized spacial score (nSPS) is 21.4. The highest BCUT2D eigenvalue weighted by Gasteiger charge is 2.42. The van der Waals surface area contributed by atoms with E-state index in [1.807, 2.05) is 0 Å². The van der Waals surface area contributed by atoms with E-state index >= 15 is 0 Å². The molecule has 2 N–H and O–H groups in total. The third-order valence-corrected chi connectivity index (χ3v) is 5.88. The first-order valence-corrected chi connectivity index (χ1v) is 10.0. The highest BCUT2D eigenvalue weighted by Crippen LogP contribution is 2.55. The zero-order chi connectivity index (χ0) is 19.5. The zero-order valence-corrected chi connectivity index (χ0v) is 16.1. The Morgan fingerprint density at radius 3 is 2.18 bits per heavy atom. The number of fused-ring (bicyclic) bond motifs is 1. The summed E-state index contributed by atoms with van der Waals surface area (Å²) < 4.78 is 4.80. The van der Waals surface area contributed by atoms with Gasteiger partial charge in [0.15, 0.2) is 0 Å². The standard InChI is InChI=1S/C23H26N2O3/c1-2-28-23(27)24-12-11-21(26)25-14-15-13-20-16-7-3-5-9-18(16)22(15)19-10-6-4-8-17(19)20/h3-10,15,20,22H,2,11-14H2,1H3,(H,24,27)(H,25,26). The van der Waals surface area contributed by atoms with Crippen LogP contribution in [0.3, 0.4) is 0 Å². The molecule has 1 atom stereocenters. The van der Waals surface area contributed by atoms with Crippen LogP contribution in [0.5, 0.6) is 0 Å². The maximum atomic E-state index is 12.2. The number of ether oxygens (including phenoxy) is 1. The van der Waals surface area contributed by atoms with E-state index in [1.165, 1.54) is 22.3 Å². The van der Waals surface area contributed by atoms with Crippen LogP contribution < -0.4 is 10.6 Å². The molecule has 5 nitrogen and oxygen atoms in total. The Hall–Kier alpha value is -2.82. The number of carbonyl (C=O) groups is 2. The molecule has 2 amide bonds. The van der Waals surface area contributed by atoms with Crippen molar-refractivity contribution in [2.75, 3.05) is 19.7 Å². The summed E-state index contributed by atoms with van der Waals surface area (Å²) in [6.07, 6.45) is 0.834. The van der Waals surface area contributed by atoms with Crippen LogP contribution in [-0.2, 0) is 9.53 Å². The summed E-state index contributed by atoms with van der Waals surface area (Å²) in [6.45, 7) is 3.01. The average Bonchev–Trinajstić information content (AvgIpc) is 2.72. The molecule has 0 radical (unpaired) electrons. The Morgan fingerprint density at radius 2 is 1.57 bits per heavy atom. The van der Waals surface area contributed by atoms with Crippen LogP contribution in [0, 0.1) is 5.92 Å². The Bertz CT molecular complexity index is 832. The fourth-order valence-electron chi connectivity index (χ4n) is 4.75. The van der Waals surface area contributed by atoms with Crippen LogP contribution >= 0.6 is 0 Å². The second-order valence-electron chi connectivity index (χ2n) is 7.49. The molecule has 0 saturated carbocycles. The van der Waals surface area contributed by atoms with Gasteiger partial charge in [-0.1, -0.05) is 48.5 Å². The number of amides is 2. The number of alkyl carbamates (subject to hydrolysis) is 1. The lowest BCUT2D eigenvalue weighted by Gasteiger charge is -2.45. The minimum Gasteiger partial charge on any atom is -0.450 e. The van der Waals surface area contributed by atoms with Crippen molar-refractivity contribution in [1.29, 1.82) is 0 Å². The molecule has 5 rings (SSSR count). The number of hydrogen-bond donors (Lipinski definition) is 2. The van der Waals surface area contributed by atoms with E-state index in [9.17, 15) is 9.59 Å². The number of rotatable bonds is 6. The maximum Gasteiger partial charge on any atom is 0.407 e. The van der Waals surface area contributed by atoms with Crippen LogP contribution in [0.15, 0.2) is 48.5 Å². The van der Waals surface area contributed by atoms with Gasteiger partial charge in [-0.15, -0.1) is 0 Å². The molecular formula is C23H26N2O3. The Labute approximate surface area is 165 Å². The smallest absolute Gasteiger partial charge is 0.407 e. The third kappa shape index (κ3) is 3.49. The van der Waals surface area contributed by atoms with Crippen molar-refractivity contribution < 1.29 is 14.3 Å². The summed E-state index contributed by atoms with van der Waals surface area (Å²) in [5, 5.41) is 5.66. The first-order valence-electron chi connectivity index (χ1n) is 10.0. The fourth-order valence-corrected chi connectivity index (χ4v) is 4.75. The molecular weight excluding hydrogens is 352 g/mol. The molecule has 2 bridgehead atoms. The number of hydrogen-bond acceptors (Lipinski definition) is 3. The molecule has 0 saturated heterocycles. The van der Waals surface area contributed by atoms with Crippen molar-refractivity contribution in [3.63, 3.8) is 0 Å². The van der Waals surface area contributed by atoms with Gasteiger partial charge < -0.3 is 15.4 Å². The number of carbonyl (C=O) groups excluding carboxylic acids is 2. The van der Waals surface area contributed by atoms with Crippen LogP contribution in [-0.4, -0.2) is 31.7 Å². The van der Waals surface area contributed by atoms with Gasteiger partial charge in [-0.25, -0.2) is 4.79 Å². The summed E-state index contributed by atoms with van der Waals surface area (Å²) >= 11 is 0.